The predicted octanol–water partition coefficient (Wildman–Crippen LogP) is 1.19. The Kier molecular flexibility index (Phi) is 3.03. The van der Waals surface area contributed by atoms with Gasteiger partial charge in [-0.2, -0.15) is 0 Å². The molecular formula is C11H20O4. The van der Waals surface area contributed by atoms with Crippen LogP contribution in [0.3, 0.4) is 0 Å². The van der Waals surface area contributed by atoms with Crippen LogP contribution in [0.1, 0.15) is 20.8 Å². The summed E-state index contributed by atoms with van der Waals surface area (Å²) in [4.78, 5) is 0. The molecule has 4 heteroatoms. The average Bonchev–Trinajstić information content (AvgIpc) is 2.36. The maximum Gasteiger partial charge on any atom is 0.162 e. The van der Waals surface area contributed by atoms with Crippen LogP contribution < -0.4 is 0 Å². The number of ether oxygens (including phenoxy) is 4. The number of hydrogen-bond donors (Lipinski definition) is 0. The fraction of sp³-hybridized carbons (Fsp3) is 1.00. The third-order valence-corrected chi connectivity index (χ3v) is 2.89. The van der Waals surface area contributed by atoms with Gasteiger partial charge < -0.3 is 18.9 Å². The highest BCUT2D eigenvalue weighted by Gasteiger charge is 2.42. The molecule has 1 spiro atoms. The van der Waals surface area contributed by atoms with Crippen molar-refractivity contribution in [1.29, 1.82) is 0 Å². The Labute approximate surface area is 90.8 Å². The summed E-state index contributed by atoms with van der Waals surface area (Å²) in [5.41, 5.74) is -0.111. The molecule has 2 aliphatic heterocycles. The van der Waals surface area contributed by atoms with Crippen LogP contribution in [0.15, 0.2) is 0 Å². The first-order valence-corrected chi connectivity index (χ1v) is 5.49. The van der Waals surface area contributed by atoms with Gasteiger partial charge in [-0.15, -0.1) is 0 Å². The summed E-state index contributed by atoms with van der Waals surface area (Å²) in [5.74, 6) is -0.469. The van der Waals surface area contributed by atoms with E-state index in [0.29, 0.717) is 33.0 Å². The minimum Gasteiger partial charge on any atom is -0.378 e. The Balaban J connectivity index is 1.96. The SMILES string of the molecule is C[C@@H]1COCC2(CO1)COC(C)(C)OC2. The summed E-state index contributed by atoms with van der Waals surface area (Å²) < 4.78 is 22.6. The quantitative estimate of drug-likeness (QED) is 0.609. The molecule has 2 rings (SSSR count). The molecule has 1 atom stereocenters. The van der Waals surface area contributed by atoms with Crippen molar-refractivity contribution in [3.63, 3.8) is 0 Å². The largest absolute Gasteiger partial charge is 0.378 e. The van der Waals surface area contributed by atoms with Crippen LogP contribution >= 0.6 is 0 Å². The van der Waals surface area contributed by atoms with Crippen molar-refractivity contribution < 1.29 is 18.9 Å². The van der Waals surface area contributed by atoms with Crippen molar-refractivity contribution in [1.82, 2.24) is 0 Å². The van der Waals surface area contributed by atoms with Gasteiger partial charge in [0, 0.05) is 0 Å². The maximum atomic E-state index is 5.68. The molecule has 2 aliphatic rings. The van der Waals surface area contributed by atoms with Gasteiger partial charge in [-0.1, -0.05) is 0 Å². The highest BCUT2D eigenvalue weighted by atomic mass is 16.7. The van der Waals surface area contributed by atoms with E-state index >= 15 is 0 Å². The first-order chi connectivity index (χ1) is 7.02. The Bertz CT molecular complexity index is 217. The molecule has 0 aromatic rings. The van der Waals surface area contributed by atoms with Gasteiger partial charge in [0.05, 0.1) is 44.6 Å². The first-order valence-electron chi connectivity index (χ1n) is 5.49. The maximum absolute atomic E-state index is 5.68. The molecule has 0 N–H and O–H groups in total. The fourth-order valence-electron chi connectivity index (χ4n) is 1.75. The molecule has 88 valence electrons. The summed E-state index contributed by atoms with van der Waals surface area (Å²) >= 11 is 0. The topological polar surface area (TPSA) is 36.9 Å². The Morgan fingerprint density at radius 3 is 2.33 bits per heavy atom. The molecule has 0 aliphatic carbocycles. The minimum absolute atomic E-state index is 0.111. The van der Waals surface area contributed by atoms with Gasteiger partial charge >= 0.3 is 0 Å². The Hall–Kier alpha value is -0.160. The van der Waals surface area contributed by atoms with Crippen molar-refractivity contribution in [2.24, 2.45) is 5.41 Å². The zero-order chi connectivity index (χ0) is 10.9. The number of hydrogen-bond acceptors (Lipinski definition) is 4. The molecule has 4 nitrogen and oxygen atoms in total. The Morgan fingerprint density at radius 1 is 1.00 bits per heavy atom. The van der Waals surface area contributed by atoms with E-state index in [0.717, 1.165) is 0 Å². The number of rotatable bonds is 0. The van der Waals surface area contributed by atoms with Crippen LogP contribution in [-0.4, -0.2) is 44.9 Å². The van der Waals surface area contributed by atoms with E-state index in [9.17, 15) is 0 Å². The normalized spacial score (nSPS) is 35.0. The lowest BCUT2D eigenvalue weighted by molar-refractivity contribution is -0.294. The van der Waals surface area contributed by atoms with Crippen LogP contribution in [0.4, 0.5) is 0 Å². The van der Waals surface area contributed by atoms with Crippen LogP contribution in [0.5, 0.6) is 0 Å². The summed E-state index contributed by atoms with van der Waals surface area (Å²) in [6.07, 6.45) is 0.166. The molecule has 0 aromatic heterocycles. The first kappa shape index (κ1) is 11.3. The van der Waals surface area contributed by atoms with Gasteiger partial charge in [-0.3, -0.25) is 0 Å². The third-order valence-electron chi connectivity index (χ3n) is 2.89. The van der Waals surface area contributed by atoms with Gasteiger partial charge in [-0.05, 0) is 20.8 Å². The van der Waals surface area contributed by atoms with Crippen molar-refractivity contribution in [2.45, 2.75) is 32.7 Å². The van der Waals surface area contributed by atoms with Gasteiger partial charge in [0.15, 0.2) is 5.79 Å². The second-order valence-electron chi connectivity index (χ2n) is 5.11. The van der Waals surface area contributed by atoms with Gasteiger partial charge in [0.1, 0.15) is 0 Å². The van der Waals surface area contributed by atoms with Crippen molar-refractivity contribution in [2.75, 3.05) is 33.0 Å². The molecule has 0 radical (unpaired) electrons. The van der Waals surface area contributed by atoms with Crippen LogP contribution in [-0.2, 0) is 18.9 Å². The summed E-state index contributed by atoms with van der Waals surface area (Å²) in [6, 6.07) is 0. The average molecular weight is 216 g/mol. The molecule has 0 bridgehead atoms. The van der Waals surface area contributed by atoms with Crippen LogP contribution in [0, 0.1) is 5.41 Å². The fourth-order valence-corrected chi connectivity index (χ4v) is 1.75. The van der Waals surface area contributed by atoms with E-state index in [1.165, 1.54) is 0 Å². The molecular weight excluding hydrogens is 196 g/mol. The van der Waals surface area contributed by atoms with E-state index in [4.69, 9.17) is 18.9 Å². The zero-order valence-corrected chi connectivity index (χ0v) is 9.75. The van der Waals surface area contributed by atoms with Crippen molar-refractivity contribution >= 4 is 0 Å². The molecule has 2 fully saturated rings. The lowest BCUT2D eigenvalue weighted by Crippen LogP contribution is -2.50. The standard InChI is InChI=1S/C11H20O4/c1-9-4-12-5-11(6-13-9)7-14-10(2,3)15-8-11/h9H,4-8H2,1-3H3/t9-/m1/s1. The van der Waals surface area contributed by atoms with Gasteiger partial charge in [0.25, 0.3) is 0 Å². The van der Waals surface area contributed by atoms with Gasteiger partial charge in [-0.25, -0.2) is 0 Å². The summed E-state index contributed by atoms with van der Waals surface area (Å²) in [5, 5.41) is 0. The van der Waals surface area contributed by atoms with E-state index in [1.54, 1.807) is 0 Å². The molecule has 0 saturated carbocycles. The molecule has 2 saturated heterocycles. The Morgan fingerprint density at radius 2 is 1.67 bits per heavy atom. The monoisotopic (exact) mass is 216 g/mol. The summed E-state index contributed by atoms with van der Waals surface area (Å²) in [7, 11) is 0. The summed E-state index contributed by atoms with van der Waals surface area (Å²) in [6.45, 7) is 9.15. The van der Waals surface area contributed by atoms with E-state index < -0.39 is 5.79 Å². The molecule has 0 aromatic carbocycles. The smallest absolute Gasteiger partial charge is 0.162 e. The second-order valence-corrected chi connectivity index (χ2v) is 5.11. The van der Waals surface area contributed by atoms with E-state index in [1.807, 2.05) is 20.8 Å². The van der Waals surface area contributed by atoms with Crippen LogP contribution in [0.2, 0.25) is 0 Å². The van der Waals surface area contributed by atoms with E-state index in [-0.39, 0.29) is 11.5 Å². The van der Waals surface area contributed by atoms with E-state index in [2.05, 4.69) is 0 Å². The highest BCUT2D eigenvalue weighted by molar-refractivity contribution is 4.85. The third kappa shape index (κ3) is 2.69. The van der Waals surface area contributed by atoms with Crippen molar-refractivity contribution in [3.05, 3.63) is 0 Å². The predicted molar refractivity (Wildman–Crippen MR) is 54.6 cm³/mol. The molecule has 2 heterocycles. The minimum atomic E-state index is -0.469. The van der Waals surface area contributed by atoms with Gasteiger partial charge in [0.2, 0.25) is 0 Å². The zero-order valence-electron chi connectivity index (χ0n) is 9.75. The van der Waals surface area contributed by atoms with Crippen LogP contribution in [0.25, 0.3) is 0 Å². The molecule has 0 unspecified atom stereocenters. The van der Waals surface area contributed by atoms with Crippen molar-refractivity contribution in [3.8, 4) is 0 Å². The lowest BCUT2D eigenvalue weighted by Gasteiger charge is -2.42. The second kappa shape index (κ2) is 4.01. The highest BCUT2D eigenvalue weighted by Crippen LogP contribution is 2.32. The molecule has 0 amide bonds. The molecule has 15 heavy (non-hydrogen) atoms. The lowest BCUT2D eigenvalue weighted by atomic mass is 9.91.